The minimum Gasteiger partial charge on any atom is -0.295 e. The van der Waals surface area contributed by atoms with Gasteiger partial charge < -0.3 is 0 Å². The topological polar surface area (TPSA) is 16.1 Å². The Morgan fingerprint density at radius 1 is 0.311 bits per heavy atom. The van der Waals surface area contributed by atoms with E-state index in [9.17, 15) is 0 Å². The van der Waals surface area contributed by atoms with Crippen molar-refractivity contribution < 1.29 is 0 Å². The van der Waals surface area contributed by atoms with Gasteiger partial charge in [-0.2, -0.15) is 0 Å². The van der Waals surface area contributed by atoms with Crippen LogP contribution >= 0.6 is 0 Å². The van der Waals surface area contributed by atoms with Gasteiger partial charge in [0.2, 0.25) is 0 Å². The highest BCUT2D eigenvalue weighted by molar-refractivity contribution is 6.21. The van der Waals surface area contributed by atoms with Gasteiger partial charge in [0, 0.05) is 17.6 Å². The summed E-state index contributed by atoms with van der Waals surface area (Å²) in [4.78, 5) is 6.88. The van der Waals surface area contributed by atoms with Crippen LogP contribution in [0.2, 0.25) is 0 Å². The first-order chi connectivity index (χ1) is 22.3. The zero-order valence-corrected chi connectivity index (χ0v) is 24.7. The molecule has 0 amide bonds. The Bertz CT molecular complexity index is 2130. The standard InChI is InChI=1S/C43H30N2/c1-3-13-31(14-4-1)32-22-24-33(25-23-32)42-37-17-7-9-19-39(37)43(40-20-10-8-18-38(40)42)34-26-28-36(29-27-34)45(35-15-5-2-6-16-35)41-21-11-12-30-44-41/h1-30H. The Hall–Kier alpha value is -5.99. The summed E-state index contributed by atoms with van der Waals surface area (Å²) in [6.45, 7) is 0. The van der Waals surface area contributed by atoms with Gasteiger partial charge in [0.05, 0.1) is 0 Å². The first-order valence-corrected chi connectivity index (χ1v) is 15.3. The molecule has 2 heteroatoms. The van der Waals surface area contributed by atoms with Crippen molar-refractivity contribution in [3.8, 4) is 33.4 Å². The summed E-state index contributed by atoms with van der Waals surface area (Å²) < 4.78 is 0. The third kappa shape index (κ3) is 4.93. The molecule has 0 aliphatic carbocycles. The SMILES string of the molecule is c1ccc(-c2ccc(-c3c4ccccc4c(-c4ccc(N(c5ccccc5)c5ccccn5)cc4)c4ccccc34)cc2)cc1. The van der Waals surface area contributed by atoms with Gasteiger partial charge in [-0.1, -0.05) is 140 Å². The molecule has 8 rings (SSSR count). The first-order valence-electron chi connectivity index (χ1n) is 15.3. The number of para-hydroxylation sites is 1. The summed E-state index contributed by atoms with van der Waals surface area (Å²) >= 11 is 0. The van der Waals surface area contributed by atoms with Crippen molar-refractivity contribution in [3.05, 3.63) is 182 Å². The molecule has 1 heterocycles. The number of benzene rings is 7. The second kappa shape index (κ2) is 11.6. The number of aromatic nitrogens is 1. The Kier molecular flexibility index (Phi) is 6.86. The molecule has 0 fully saturated rings. The highest BCUT2D eigenvalue weighted by Crippen LogP contribution is 2.44. The molecule has 0 bridgehead atoms. The van der Waals surface area contributed by atoms with Crippen LogP contribution in [0.5, 0.6) is 0 Å². The summed E-state index contributed by atoms with van der Waals surface area (Å²) in [5, 5.41) is 5.00. The van der Waals surface area contributed by atoms with Crippen LogP contribution in [-0.2, 0) is 0 Å². The molecule has 0 unspecified atom stereocenters. The largest absolute Gasteiger partial charge is 0.295 e. The smallest absolute Gasteiger partial charge is 0.137 e. The molecule has 2 nitrogen and oxygen atoms in total. The van der Waals surface area contributed by atoms with Gasteiger partial charge in [-0.05, 0) is 91.3 Å². The van der Waals surface area contributed by atoms with Crippen LogP contribution in [0.25, 0.3) is 54.9 Å². The lowest BCUT2D eigenvalue weighted by molar-refractivity contribution is 1.18. The molecule has 0 spiro atoms. The lowest BCUT2D eigenvalue weighted by atomic mass is 9.85. The zero-order chi connectivity index (χ0) is 30.0. The highest BCUT2D eigenvalue weighted by Gasteiger charge is 2.18. The van der Waals surface area contributed by atoms with Gasteiger partial charge in [0.15, 0.2) is 0 Å². The van der Waals surface area contributed by atoms with Gasteiger partial charge in [-0.15, -0.1) is 0 Å². The van der Waals surface area contributed by atoms with Crippen molar-refractivity contribution in [2.45, 2.75) is 0 Å². The molecule has 0 aliphatic heterocycles. The van der Waals surface area contributed by atoms with Crippen molar-refractivity contribution in [3.63, 3.8) is 0 Å². The van der Waals surface area contributed by atoms with Crippen LogP contribution in [0.1, 0.15) is 0 Å². The van der Waals surface area contributed by atoms with Crippen LogP contribution in [0.4, 0.5) is 17.2 Å². The number of fused-ring (bicyclic) bond motifs is 2. The number of anilines is 3. The van der Waals surface area contributed by atoms with Gasteiger partial charge in [-0.25, -0.2) is 4.98 Å². The zero-order valence-electron chi connectivity index (χ0n) is 24.7. The average molecular weight is 575 g/mol. The minimum atomic E-state index is 0.884. The van der Waals surface area contributed by atoms with Crippen molar-refractivity contribution in [2.75, 3.05) is 4.90 Å². The average Bonchev–Trinajstić information content (AvgIpc) is 3.12. The fraction of sp³-hybridized carbons (Fsp3) is 0. The summed E-state index contributed by atoms with van der Waals surface area (Å²) in [6, 6.07) is 62.6. The van der Waals surface area contributed by atoms with Crippen LogP contribution < -0.4 is 4.90 Å². The molecule has 45 heavy (non-hydrogen) atoms. The normalized spacial score (nSPS) is 11.1. The molecular weight excluding hydrogens is 544 g/mol. The van der Waals surface area contributed by atoms with E-state index in [1.165, 1.54) is 54.9 Å². The maximum atomic E-state index is 4.68. The van der Waals surface area contributed by atoms with E-state index in [2.05, 4.69) is 162 Å². The number of pyridine rings is 1. The maximum Gasteiger partial charge on any atom is 0.137 e. The fourth-order valence-electron chi connectivity index (χ4n) is 6.46. The summed E-state index contributed by atoms with van der Waals surface area (Å²) in [5.74, 6) is 0.884. The Balaban J connectivity index is 1.28. The van der Waals surface area contributed by atoms with E-state index in [4.69, 9.17) is 0 Å². The Labute approximate surface area is 263 Å². The monoisotopic (exact) mass is 574 g/mol. The molecule has 7 aromatic carbocycles. The molecule has 8 aromatic rings. The second-order valence-electron chi connectivity index (χ2n) is 11.2. The molecular formula is C43H30N2. The first kappa shape index (κ1) is 26.6. The summed E-state index contributed by atoms with van der Waals surface area (Å²) in [5.41, 5.74) is 9.51. The number of hydrogen-bond donors (Lipinski definition) is 0. The van der Waals surface area contributed by atoms with Crippen molar-refractivity contribution in [1.29, 1.82) is 0 Å². The maximum absolute atomic E-state index is 4.68. The van der Waals surface area contributed by atoms with Gasteiger partial charge in [-0.3, -0.25) is 4.90 Å². The van der Waals surface area contributed by atoms with Crippen molar-refractivity contribution in [2.24, 2.45) is 0 Å². The van der Waals surface area contributed by atoms with Gasteiger partial charge in [0.25, 0.3) is 0 Å². The number of rotatable bonds is 6. The van der Waals surface area contributed by atoms with E-state index in [0.717, 1.165) is 17.2 Å². The van der Waals surface area contributed by atoms with Crippen LogP contribution in [-0.4, -0.2) is 4.98 Å². The second-order valence-corrected chi connectivity index (χ2v) is 11.2. The predicted molar refractivity (Wildman–Crippen MR) is 190 cm³/mol. The fourth-order valence-corrected chi connectivity index (χ4v) is 6.46. The van der Waals surface area contributed by atoms with Crippen molar-refractivity contribution >= 4 is 38.7 Å². The molecule has 0 N–H and O–H groups in total. The summed E-state index contributed by atoms with van der Waals surface area (Å²) in [6.07, 6.45) is 1.84. The quantitative estimate of drug-likeness (QED) is 0.184. The molecule has 0 saturated heterocycles. The summed E-state index contributed by atoms with van der Waals surface area (Å²) in [7, 11) is 0. The minimum absolute atomic E-state index is 0.884. The molecule has 0 radical (unpaired) electrons. The van der Waals surface area contributed by atoms with E-state index in [1.807, 2.05) is 30.5 Å². The van der Waals surface area contributed by atoms with Gasteiger partial charge in [0.1, 0.15) is 5.82 Å². The lowest BCUT2D eigenvalue weighted by Crippen LogP contribution is -2.11. The molecule has 212 valence electrons. The van der Waals surface area contributed by atoms with Crippen molar-refractivity contribution in [1.82, 2.24) is 4.98 Å². The van der Waals surface area contributed by atoms with E-state index in [-0.39, 0.29) is 0 Å². The van der Waals surface area contributed by atoms with Crippen LogP contribution in [0.15, 0.2) is 182 Å². The Morgan fingerprint density at radius 3 is 1.22 bits per heavy atom. The Morgan fingerprint density at radius 2 is 0.711 bits per heavy atom. The molecule has 1 aromatic heterocycles. The molecule has 0 aliphatic rings. The van der Waals surface area contributed by atoms with E-state index in [1.54, 1.807) is 0 Å². The van der Waals surface area contributed by atoms with E-state index in [0.29, 0.717) is 0 Å². The number of nitrogens with zero attached hydrogens (tertiary/aromatic N) is 2. The van der Waals surface area contributed by atoms with E-state index >= 15 is 0 Å². The molecule has 0 saturated carbocycles. The number of hydrogen-bond acceptors (Lipinski definition) is 2. The third-order valence-electron chi connectivity index (χ3n) is 8.52. The lowest BCUT2D eigenvalue weighted by Gasteiger charge is -2.24. The van der Waals surface area contributed by atoms with Crippen LogP contribution in [0, 0.1) is 0 Å². The van der Waals surface area contributed by atoms with E-state index < -0.39 is 0 Å². The molecule has 0 atom stereocenters. The van der Waals surface area contributed by atoms with Crippen LogP contribution in [0.3, 0.4) is 0 Å². The highest BCUT2D eigenvalue weighted by atomic mass is 15.2. The third-order valence-corrected chi connectivity index (χ3v) is 8.52. The predicted octanol–water partition coefficient (Wildman–Crippen LogP) is 11.9. The van der Waals surface area contributed by atoms with Gasteiger partial charge >= 0.3 is 0 Å².